The van der Waals surface area contributed by atoms with Crippen LogP contribution in [0.15, 0.2) is 33.7 Å². The van der Waals surface area contributed by atoms with Crippen molar-refractivity contribution in [2.24, 2.45) is 7.05 Å². The Labute approximate surface area is 132 Å². The molecule has 0 radical (unpaired) electrons. The van der Waals surface area contributed by atoms with Gasteiger partial charge in [0.2, 0.25) is 0 Å². The number of pyridine rings is 1. The molecule has 0 spiro atoms. The summed E-state index contributed by atoms with van der Waals surface area (Å²) in [4.78, 5) is 23.1. The van der Waals surface area contributed by atoms with Gasteiger partial charge >= 0.3 is 5.97 Å². The smallest absolute Gasteiger partial charge is 0.337 e. The quantitative estimate of drug-likeness (QED) is 0.897. The number of carboxylic acid groups (broad SMARTS) is 1. The lowest BCUT2D eigenvalue weighted by molar-refractivity contribution is 0.0695. The van der Waals surface area contributed by atoms with Crippen LogP contribution in [0, 0.1) is 5.82 Å². The highest BCUT2D eigenvalue weighted by molar-refractivity contribution is 9.10. The SMILES string of the molecule is Cn1cc(C(=O)O)c(Cc2ccc(Br)cc2F)c(Cl)c1=O. The van der Waals surface area contributed by atoms with E-state index in [1.165, 1.54) is 25.4 Å². The summed E-state index contributed by atoms with van der Waals surface area (Å²) in [6.45, 7) is 0. The molecule has 110 valence electrons. The molecule has 2 aromatic rings. The fourth-order valence-electron chi connectivity index (χ4n) is 1.94. The number of aryl methyl sites for hydroxylation is 1. The molecule has 1 aromatic carbocycles. The molecule has 0 saturated heterocycles. The summed E-state index contributed by atoms with van der Waals surface area (Å²) in [6, 6.07) is 4.41. The lowest BCUT2D eigenvalue weighted by atomic mass is 10.0. The summed E-state index contributed by atoms with van der Waals surface area (Å²) in [6.07, 6.45) is 1.11. The largest absolute Gasteiger partial charge is 0.478 e. The molecule has 21 heavy (non-hydrogen) atoms. The van der Waals surface area contributed by atoms with E-state index in [1.807, 2.05) is 0 Å². The van der Waals surface area contributed by atoms with Gasteiger partial charge in [-0.25, -0.2) is 9.18 Å². The van der Waals surface area contributed by atoms with Crippen molar-refractivity contribution >= 4 is 33.5 Å². The number of hydrogen-bond acceptors (Lipinski definition) is 2. The Bertz CT molecular complexity index is 789. The van der Waals surface area contributed by atoms with Crippen molar-refractivity contribution in [2.45, 2.75) is 6.42 Å². The van der Waals surface area contributed by atoms with Gasteiger partial charge in [-0.2, -0.15) is 0 Å². The molecule has 1 heterocycles. The zero-order valence-electron chi connectivity index (χ0n) is 10.9. The molecule has 0 aliphatic heterocycles. The summed E-state index contributed by atoms with van der Waals surface area (Å²) in [7, 11) is 1.41. The van der Waals surface area contributed by atoms with E-state index in [2.05, 4.69) is 15.9 Å². The minimum Gasteiger partial charge on any atom is -0.478 e. The van der Waals surface area contributed by atoms with Crippen LogP contribution in [0.4, 0.5) is 4.39 Å². The fraction of sp³-hybridized carbons (Fsp3) is 0.143. The summed E-state index contributed by atoms with van der Waals surface area (Å²) < 4.78 is 15.5. The molecule has 0 atom stereocenters. The highest BCUT2D eigenvalue weighted by Crippen LogP contribution is 2.23. The first-order chi connectivity index (χ1) is 9.81. The number of rotatable bonds is 3. The Morgan fingerprint density at radius 1 is 1.48 bits per heavy atom. The number of nitrogens with zero attached hydrogens (tertiary/aromatic N) is 1. The van der Waals surface area contributed by atoms with Crippen molar-refractivity contribution in [1.29, 1.82) is 0 Å². The van der Waals surface area contributed by atoms with Crippen LogP contribution in [0.25, 0.3) is 0 Å². The first kappa shape index (κ1) is 15.7. The van der Waals surface area contributed by atoms with Gasteiger partial charge in [-0.1, -0.05) is 33.6 Å². The van der Waals surface area contributed by atoms with Crippen molar-refractivity contribution in [2.75, 3.05) is 0 Å². The second-order valence-corrected chi connectivity index (χ2v) is 5.76. The fourth-order valence-corrected chi connectivity index (χ4v) is 2.58. The molecule has 2 rings (SSSR count). The molecule has 0 aliphatic rings. The molecule has 0 fully saturated rings. The maximum Gasteiger partial charge on any atom is 0.337 e. The van der Waals surface area contributed by atoms with Gasteiger partial charge < -0.3 is 9.67 Å². The Morgan fingerprint density at radius 2 is 2.14 bits per heavy atom. The molecule has 0 bridgehead atoms. The van der Waals surface area contributed by atoms with Gasteiger partial charge in [0.25, 0.3) is 5.56 Å². The molecule has 1 aromatic heterocycles. The minimum absolute atomic E-state index is 0.0738. The van der Waals surface area contributed by atoms with E-state index in [0.29, 0.717) is 4.47 Å². The lowest BCUT2D eigenvalue weighted by Crippen LogP contribution is -2.22. The van der Waals surface area contributed by atoms with Crippen LogP contribution >= 0.6 is 27.5 Å². The number of hydrogen-bond donors (Lipinski definition) is 1. The third-order valence-electron chi connectivity index (χ3n) is 3.03. The minimum atomic E-state index is -1.22. The molecule has 0 amide bonds. The Balaban J connectivity index is 2.60. The molecular formula is C14H10BrClFNO3. The predicted molar refractivity (Wildman–Crippen MR) is 80.6 cm³/mol. The maximum absolute atomic E-state index is 13.9. The van der Waals surface area contributed by atoms with Gasteiger partial charge in [0, 0.05) is 24.1 Å². The van der Waals surface area contributed by atoms with Gasteiger partial charge in [-0.3, -0.25) is 4.79 Å². The second kappa shape index (κ2) is 5.99. The number of aromatic nitrogens is 1. The number of carbonyl (C=O) groups is 1. The Morgan fingerprint density at radius 3 is 2.71 bits per heavy atom. The monoisotopic (exact) mass is 373 g/mol. The van der Waals surface area contributed by atoms with Crippen LogP contribution in [0.1, 0.15) is 21.5 Å². The van der Waals surface area contributed by atoms with Gasteiger partial charge in [0.1, 0.15) is 10.8 Å². The first-order valence-electron chi connectivity index (χ1n) is 5.86. The van der Waals surface area contributed by atoms with Crippen LogP contribution in [0.3, 0.4) is 0 Å². The normalized spacial score (nSPS) is 10.7. The molecule has 0 aliphatic carbocycles. The van der Waals surface area contributed by atoms with E-state index in [9.17, 15) is 19.1 Å². The summed E-state index contributed by atoms with van der Waals surface area (Å²) >= 11 is 9.09. The summed E-state index contributed by atoms with van der Waals surface area (Å²) in [5, 5.41) is 9.01. The van der Waals surface area contributed by atoms with E-state index >= 15 is 0 Å². The molecule has 0 saturated carbocycles. The maximum atomic E-state index is 13.9. The predicted octanol–water partition coefficient (Wildman–Crippen LogP) is 3.23. The van der Waals surface area contributed by atoms with Crippen LogP contribution in [-0.2, 0) is 13.5 Å². The highest BCUT2D eigenvalue weighted by atomic mass is 79.9. The first-order valence-corrected chi connectivity index (χ1v) is 7.03. The number of benzene rings is 1. The van der Waals surface area contributed by atoms with Gasteiger partial charge in [0.05, 0.1) is 5.56 Å². The van der Waals surface area contributed by atoms with E-state index in [1.54, 1.807) is 6.07 Å². The van der Waals surface area contributed by atoms with Crippen LogP contribution in [-0.4, -0.2) is 15.6 Å². The van der Waals surface area contributed by atoms with Crippen molar-refractivity contribution in [1.82, 2.24) is 4.57 Å². The molecule has 0 unspecified atom stereocenters. The highest BCUT2D eigenvalue weighted by Gasteiger charge is 2.19. The van der Waals surface area contributed by atoms with Crippen LogP contribution in [0.2, 0.25) is 5.02 Å². The molecule has 7 heteroatoms. The van der Waals surface area contributed by atoms with Crippen LogP contribution < -0.4 is 5.56 Å². The van der Waals surface area contributed by atoms with Crippen LogP contribution in [0.5, 0.6) is 0 Å². The Hall–Kier alpha value is -1.66. The zero-order chi connectivity index (χ0) is 15.7. The van der Waals surface area contributed by atoms with Gasteiger partial charge in [-0.05, 0) is 23.3 Å². The number of carboxylic acids is 1. The average Bonchev–Trinajstić information content (AvgIpc) is 2.41. The van der Waals surface area contributed by atoms with Crippen molar-refractivity contribution in [3.05, 3.63) is 66.8 Å². The second-order valence-electron chi connectivity index (χ2n) is 4.47. The molecule has 1 N–H and O–H groups in total. The van der Waals surface area contributed by atoms with E-state index < -0.39 is 17.3 Å². The van der Waals surface area contributed by atoms with E-state index in [-0.39, 0.29) is 28.1 Å². The van der Waals surface area contributed by atoms with Crippen molar-refractivity contribution in [3.8, 4) is 0 Å². The molecular weight excluding hydrogens is 365 g/mol. The van der Waals surface area contributed by atoms with Gasteiger partial charge in [0.15, 0.2) is 0 Å². The average molecular weight is 375 g/mol. The van der Waals surface area contributed by atoms with Crippen molar-refractivity contribution < 1.29 is 14.3 Å². The third-order valence-corrected chi connectivity index (χ3v) is 3.92. The third kappa shape index (κ3) is 3.16. The number of halogens is 3. The Kier molecular flexibility index (Phi) is 4.49. The molecule has 4 nitrogen and oxygen atoms in total. The van der Waals surface area contributed by atoms with Gasteiger partial charge in [-0.15, -0.1) is 0 Å². The number of aromatic carboxylic acids is 1. The topological polar surface area (TPSA) is 59.3 Å². The van der Waals surface area contributed by atoms with E-state index in [4.69, 9.17) is 11.6 Å². The standard InChI is InChI=1S/C14H10BrClFNO3/c1-18-6-10(14(20)21)9(12(16)13(18)19)4-7-2-3-8(15)5-11(7)17/h2-3,5-6H,4H2,1H3,(H,20,21). The van der Waals surface area contributed by atoms with Crippen molar-refractivity contribution in [3.63, 3.8) is 0 Å². The summed E-state index contributed by atoms with van der Waals surface area (Å²) in [5.74, 6) is -1.72. The summed E-state index contributed by atoms with van der Waals surface area (Å²) in [5.41, 5.74) is -0.275. The zero-order valence-corrected chi connectivity index (χ0v) is 13.2. The lowest BCUT2D eigenvalue weighted by Gasteiger charge is -2.11. The van der Waals surface area contributed by atoms with E-state index in [0.717, 1.165) is 4.57 Å².